The molecule has 1 aliphatic heterocycles. The molecule has 0 amide bonds. The molecule has 2 fully saturated rings. The topological polar surface area (TPSA) is 67.8 Å². The van der Waals surface area contributed by atoms with Gasteiger partial charge in [0.2, 0.25) is 0 Å². The highest BCUT2D eigenvalue weighted by Gasteiger charge is 2.39. The Hall–Kier alpha value is -0.650. The van der Waals surface area contributed by atoms with E-state index in [0.29, 0.717) is 19.3 Å². The molecule has 0 aromatic rings. The van der Waals surface area contributed by atoms with Crippen LogP contribution in [0.25, 0.3) is 0 Å². The largest absolute Gasteiger partial charge is 0.480 e. The van der Waals surface area contributed by atoms with E-state index in [2.05, 4.69) is 5.32 Å². The SMILES string of the molecule is CC(COC1CCOCC1)(NC1CC1)C(=O)O. The summed E-state index contributed by atoms with van der Waals surface area (Å²) in [7, 11) is 0. The zero-order valence-electron chi connectivity index (χ0n) is 10.3. The summed E-state index contributed by atoms with van der Waals surface area (Å²) in [4.78, 5) is 11.3. The minimum absolute atomic E-state index is 0.142. The van der Waals surface area contributed by atoms with Gasteiger partial charge in [0.05, 0.1) is 12.7 Å². The number of ether oxygens (including phenoxy) is 2. The van der Waals surface area contributed by atoms with E-state index in [1.54, 1.807) is 6.92 Å². The van der Waals surface area contributed by atoms with Crippen LogP contribution >= 0.6 is 0 Å². The fraction of sp³-hybridized carbons (Fsp3) is 0.917. The van der Waals surface area contributed by atoms with Gasteiger partial charge < -0.3 is 14.6 Å². The molecule has 0 spiro atoms. The number of hydrogen-bond donors (Lipinski definition) is 2. The van der Waals surface area contributed by atoms with Crippen molar-refractivity contribution < 1.29 is 19.4 Å². The number of aliphatic carboxylic acids is 1. The number of carboxylic acid groups (broad SMARTS) is 1. The number of rotatable bonds is 6. The molecule has 2 aliphatic rings. The molecule has 1 saturated carbocycles. The Balaban J connectivity index is 1.81. The summed E-state index contributed by atoms with van der Waals surface area (Å²) < 4.78 is 11.0. The highest BCUT2D eigenvalue weighted by atomic mass is 16.5. The van der Waals surface area contributed by atoms with E-state index in [-0.39, 0.29) is 12.7 Å². The Morgan fingerprint density at radius 2 is 2.06 bits per heavy atom. The molecule has 5 heteroatoms. The molecule has 0 aromatic carbocycles. The second-order valence-corrected chi connectivity index (χ2v) is 5.18. The third kappa shape index (κ3) is 3.66. The van der Waals surface area contributed by atoms with Crippen LogP contribution < -0.4 is 5.32 Å². The van der Waals surface area contributed by atoms with E-state index >= 15 is 0 Å². The lowest BCUT2D eigenvalue weighted by atomic mass is 10.0. The molecule has 5 nitrogen and oxygen atoms in total. The quantitative estimate of drug-likeness (QED) is 0.721. The summed E-state index contributed by atoms with van der Waals surface area (Å²) in [5.41, 5.74) is -0.959. The summed E-state index contributed by atoms with van der Waals surface area (Å²) in [6.07, 6.45) is 4.00. The lowest BCUT2D eigenvalue weighted by Crippen LogP contribution is -2.54. The second-order valence-electron chi connectivity index (χ2n) is 5.18. The van der Waals surface area contributed by atoms with Crippen LogP contribution in [-0.2, 0) is 14.3 Å². The summed E-state index contributed by atoms with van der Waals surface area (Å²) in [5, 5.41) is 12.4. The number of carbonyl (C=O) groups is 1. The Morgan fingerprint density at radius 1 is 1.41 bits per heavy atom. The molecule has 17 heavy (non-hydrogen) atoms. The van der Waals surface area contributed by atoms with Crippen molar-refractivity contribution in [1.29, 1.82) is 0 Å². The molecule has 0 aromatic heterocycles. The van der Waals surface area contributed by atoms with Gasteiger partial charge in [0.25, 0.3) is 0 Å². The number of hydrogen-bond acceptors (Lipinski definition) is 4. The minimum atomic E-state index is -0.959. The standard InChI is InChI=1S/C12H21NO4/c1-12(11(14)15,13-9-2-3-9)8-17-10-4-6-16-7-5-10/h9-10,13H,2-8H2,1H3,(H,14,15). The summed E-state index contributed by atoms with van der Waals surface area (Å²) in [5.74, 6) is -0.837. The molecule has 1 aliphatic carbocycles. The van der Waals surface area contributed by atoms with Crippen molar-refractivity contribution in [2.75, 3.05) is 19.8 Å². The average molecular weight is 243 g/mol. The molecule has 1 heterocycles. The monoisotopic (exact) mass is 243 g/mol. The van der Waals surface area contributed by atoms with Crippen molar-refractivity contribution in [3.8, 4) is 0 Å². The summed E-state index contributed by atoms with van der Waals surface area (Å²) in [6, 6.07) is 0.356. The van der Waals surface area contributed by atoms with Gasteiger partial charge in [-0.3, -0.25) is 10.1 Å². The van der Waals surface area contributed by atoms with Crippen molar-refractivity contribution in [2.45, 2.75) is 50.3 Å². The van der Waals surface area contributed by atoms with Crippen LogP contribution in [-0.4, -0.2) is 48.6 Å². The minimum Gasteiger partial charge on any atom is -0.480 e. The van der Waals surface area contributed by atoms with E-state index in [1.165, 1.54) is 0 Å². The molecule has 1 unspecified atom stereocenters. The molecule has 0 radical (unpaired) electrons. The molecule has 2 rings (SSSR count). The predicted molar refractivity (Wildman–Crippen MR) is 62.0 cm³/mol. The average Bonchev–Trinajstić information content (AvgIpc) is 3.11. The Labute approximate surface area is 101 Å². The van der Waals surface area contributed by atoms with E-state index in [9.17, 15) is 9.90 Å². The van der Waals surface area contributed by atoms with Crippen molar-refractivity contribution >= 4 is 5.97 Å². The third-order valence-corrected chi connectivity index (χ3v) is 3.35. The molecule has 2 N–H and O–H groups in total. The van der Waals surface area contributed by atoms with Gasteiger partial charge >= 0.3 is 5.97 Å². The van der Waals surface area contributed by atoms with Crippen molar-refractivity contribution in [3.05, 3.63) is 0 Å². The molecule has 1 saturated heterocycles. The first kappa shape index (κ1) is 12.8. The Bertz CT molecular complexity index is 274. The van der Waals surface area contributed by atoms with Gasteiger partial charge in [0.1, 0.15) is 5.54 Å². The van der Waals surface area contributed by atoms with Gasteiger partial charge in [0.15, 0.2) is 0 Å². The molecule has 1 atom stereocenters. The highest BCUT2D eigenvalue weighted by Crippen LogP contribution is 2.23. The van der Waals surface area contributed by atoms with Crippen LogP contribution in [0, 0.1) is 0 Å². The fourth-order valence-corrected chi connectivity index (χ4v) is 1.97. The van der Waals surface area contributed by atoms with Crippen LogP contribution in [0.5, 0.6) is 0 Å². The van der Waals surface area contributed by atoms with Crippen LogP contribution in [0.4, 0.5) is 0 Å². The van der Waals surface area contributed by atoms with Crippen LogP contribution in [0.15, 0.2) is 0 Å². The van der Waals surface area contributed by atoms with Crippen LogP contribution in [0.2, 0.25) is 0 Å². The Kier molecular flexibility index (Phi) is 4.01. The summed E-state index contributed by atoms with van der Waals surface area (Å²) in [6.45, 7) is 3.35. The molecule has 98 valence electrons. The van der Waals surface area contributed by atoms with E-state index in [1.807, 2.05) is 0 Å². The molecule has 0 bridgehead atoms. The second kappa shape index (κ2) is 5.33. The maximum absolute atomic E-state index is 11.3. The van der Waals surface area contributed by atoms with E-state index in [0.717, 1.165) is 25.7 Å². The summed E-state index contributed by atoms with van der Waals surface area (Å²) >= 11 is 0. The van der Waals surface area contributed by atoms with Gasteiger partial charge in [-0.2, -0.15) is 0 Å². The lowest BCUT2D eigenvalue weighted by molar-refractivity contribution is -0.149. The smallest absolute Gasteiger partial charge is 0.326 e. The lowest BCUT2D eigenvalue weighted by Gasteiger charge is -2.30. The van der Waals surface area contributed by atoms with Gasteiger partial charge in [-0.25, -0.2) is 0 Å². The van der Waals surface area contributed by atoms with Crippen molar-refractivity contribution in [2.24, 2.45) is 0 Å². The van der Waals surface area contributed by atoms with Crippen molar-refractivity contribution in [3.63, 3.8) is 0 Å². The van der Waals surface area contributed by atoms with Crippen LogP contribution in [0.3, 0.4) is 0 Å². The number of carboxylic acids is 1. The zero-order valence-corrected chi connectivity index (χ0v) is 10.3. The normalized spacial score (nSPS) is 25.5. The van der Waals surface area contributed by atoms with Crippen LogP contribution in [0.1, 0.15) is 32.6 Å². The van der Waals surface area contributed by atoms with Crippen molar-refractivity contribution in [1.82, 2.24) is 5.32 Å². The predicted octanol–water partition coefficient (Wildman–Crippen LogP) is 0.777. The van der Waals surface area contributed by atoms with Gasteiger partial charge in [-0.15, -0.1) is 0 Å². The van der Waals surface area contributed by atoms with E-state index < -0.39 is 11.5 Å². The Morgan fingerprint density at radius 3 is 2.59 bits per heavy atom. The fourth-order valence-electron chi connectivity index (χ4n) is 1.97. The molecular weight excluding hydrogens is 222 g/mol. The zero-order chi connectivity index (χ0) is 12.3. The van der Waals surface area contributed by atoms with Gasteiger partial charge in [-0.1, -0.05) is 0 Å². The first-order valence-corrected chi connectivity index (χ1v) is 6.30. The maximum Gasteiger partial charge on any atom is 0.326 e. The highest BCUT2D eigenvalue weighted by molar-refractivity contribution is 5.78. The first-order chi connectivity index (χ1) is 8.10. The van der Waals surface area contributed by atoms with Gasteiger partial charge in [0, 0.05) is 19.3 Å². The molecular formula is C12H21NO4. The first-order valence-electron chi connectivity index (χ1n) is 6.30. The number of nitrogens with one attached hydrogen (secondary N) is 1. The maximum atomic E-state index is 11.3. The van der Waals surface area contributed by atoms with Gasteiger partial charge in [-0.05, 0) is 32.6 Å². The third-order valence-electron chi connectivity index (χ3n) is 3.35. The van der Waals surface area contributed by atoms with E-state index in [4.69, 9.17) is 9.47 Å².